The summed E-state index contributed by atoms with van der Waals surface area (Å²) in [6, 6.07) is 3.57. The zero-order chi connectivity index (χ0) is 14.1. The van der Waals surface area contributed by atoms with Crippen molar-refractivity contribution in [1.82, 2.24) is 15.6 Å². The van der Waals surface area contributed by atoms with Crippen LogP contribution in [-0.2, 0) is 0 Å². The number of aromatic nitrogens is 2. The van der Waals surface area contributed by atoms with Crippen molar-refractivity contribution in [2.75, 3.05) is 25.0 Å². The van der Waals surface area contributed by atoms with Crippen molar-refractivity contribution < 1.29 is 9.55 Å². The molecule has 1 atom stereocenters. The minimum absolute atomic E-state index is 0.0747. The molecule has 0 aliphatic carbocycles. The van der Waals surface area contributed by atoms with Crippen molar-refractivity contribution >= 4 is 22.4 Å². The van der Waals surface area contributed by atoms with E-state index in [1.54, 1.807) is 6.07 Å². The van der Waals surface area contributed by atoms with E-state index in [1.807, 2.05) is 7.05 Å². The van der Waals surface area contributed by atoms with Crippen LogP contribution in [-0.4, -0.2) is 41.4 Å². The zero-order valence-corrected chi connectivity index (χ0v) is 11.1. The number of nitrogens with zero attached hydrogens (tertiary/aromatic N) is 4. The Morgan fingerprint density at radius 2 is 2.30 bits per heavy atom. The lowest BCUT2D eigenvalue weighted by atomic mass is 10.2. The minimum Gasteiger partial charge on any atom is -0.365 e. The maximum absolute atomic E-state index is 11.0. The second-order valence-electron chi connectivity index (χ2n) is 4.87. The Morgan fingerprint density at radius 3 is 3.05 bits per heavy atom. The molecule has 1 saturated heterocycles. The molecule has 2 aromatic rings. The molecule has 3 rings (SSSR count). The van der Waals surface area contributed by atoms with Gasteiger partial charge in [0.05, 0.1) is 10.6 Å². The van der Waals surface area contributed by atoms with E-state index < -0.39 is 4.92 Å². The maximum Gasteiger partial charge on any atom is 0.300 e. The van der Waals surface area contributed by atoms with E-state index in [9.17, 15) is 10.1 Å². The molecule has 20 heavy (non-hydrogen) atoms. The molecule has 1 unspecified atom stereocenters. The van der Waals surface area contributed by atoms with Crippen molar-refractivity contribution in [2.45, 2.75) is 18.9 Å². The summed E-state index contributed by atoms with van der Waals surface area (Å²) in [6.45, 7) is 1.77. The third-order valence-electron chi connectivity index (χ3n) is 3.70. The average molecular weight is 277 g/mol. The molecule has 8 nitrogen and oxygen atoms in total. The molecule has 0 amide bonds. The topological polar surface area (TPSA) is 97.3 Å². The Balaban J connectivity index is 2.06. The lowest BCUT2D eigenvalue weighted by Crippen LogP contribution is -2.36. The number of rotatable bonds is 4. The van der Waals surface area contributed by atoms with E-state index >= 15 is 0 Å². The van der Waals surface area contributed by atoms with Gasteiger partial charge < -0.3 is 10.2 Å². The second-order valence-corrected chi connectivity index (χ2v) is 4.87. The fourth-order valence-corrected chi connectivity index (χ4v) is 2.82. The number of likely N-dealkylation sites (N-methyl/N-ethyl adjacent to an activating group) is 1. The number of hydrogen-bond acceptors (Lipinski definition) is 7. The highest BCUT2D eigenvalue weighted by Crippen LogP contribution is 2.34. The maximum atomic E-state index is 11.0. The molecule has 106 valence electrons. The monoisotopic (exact) mass is 277 g/mol. The molecule has 0 saturated carbocycles. The quantitative estimate of drug-likeness (QED) is 0.664. The first-order valence-corrected chi connectivity index (χ1v) is 6.53. The van der Waals surface area contributed by atoms with Gasteiger partial charge in [-0.3, -0.25) is 10.1 Å². The first kappa shape index (κ1) is 12.8. The zero-order valence-electron chi connectivity index (χ0n) is 11.1. The van der Waals surface area contributed by atoms with E-state index in [2.05, 4.69) is 20.5 Å². The van der Waals surface area contributed by atoms with Crippen LogP contribution in [0, 0.1) is 10.1 Å². The summed E-state index contributed by atoms with van der Waals surface area (Å²) >= 11 is 0. The van der Waals surface area contributed by atoms with Gasteiger partial charge in [0.2, 0.25) is 5.52 Å². The highest BCUT2D eigenvalue weighted by Gasteiger charge is 2.29. The minimum atomic E-state index is -0.467. The van der Waals surface area contributed by atoms with Gasteiger partial charge in [-0.1, -0.05) is 0 Å². The van der Waals surface area contributed by atoms with E-state index in [0.29, 0.717) is 11.6 Å². The van der Waals surface area contributed by atoms with Crippen LogP contribution in [0.1, 0.15) is 12.8 Å². The largest absolute Gasteiger partial charge is 0.365 e. The fraction of sp³-hybridized carbons (Fsp3) is 0.500. The summed E-state index contributed by atoms with van der Waals surface area (Å²) in [5.41, 5.74) is 1.45. The van der Waals surface area contributed by atoms with Gasteiger partial charge in [0.1, 0.15) is 0 Å². The Kier molecular flexibility index (Phi) is 3.23. The van der Waals surface area contributed by atoms with Crippen LogP contribution >= 0.6 is 0 Å². The summed E-state index contributed by atoms with van der Waals surface area (Å²) in [7, 11) is 1.92. The fourth-order valence-electron chi connectivity index (χ4n) is 2.82. The van der Waals surface area contributed by atoms with Crippen LogP contribution in [0.3, 0.4) is 0 Å². The van der Waals surface area contributed by atoms with Gasteiger partial charge in [0.25, 0.3) is 0 Å². The summed E-state index contributed by atoms with van der Waals surface area (Å²) < 4.78 is 4.70. The van der Waals surface area contributed by atoms with E-state index in [-0.39, 0.29) is 11.2 Å². The van der Waals surface area contributed by atoms with E-state index in [4.69, 9.17) is 4.63 Å². The Morgan fingerprint density at radius 1 is 1.50 bits per heavy atom. The van der Waals surface area contributed by atoms with Gasteiger partial charge in [0, 0.05) is 25.2 Å². The van der Waals surface area contributed by atoms with Crippen molar-refractivity contribution in [2.24, 2.45) is 0 Å². The summed E-state index contributed by atoms with van der Waals surface area (Å²) in [5.74, 6) is 0. The van der Waals surface area contributed by atoms with Crippen LogP contribution < -0.4 is 10.2 Å². The number of fused-ring (bicyclic) bond motifs is 1. The third kappa shape index (κ3) is 1.97. The summed E-state index contributed by atoms with van der Waals surface area (Å²) in [6.07, 6.45) is 2.18. The van der Waals surface area contributed by atoms with Gasteiger partial charge in [-0.25, -0.2) is 4.63 Å². The Hall–Kier alpha value is -2.22. The first-order chi connectivity index (χ1) is 9.72. The molecule has 8 heteroatoms. The molecule has 2 heterocycles. The van der Waals surface area contributed by atoms with Crippen LogP contribution in [0.4, 0.5) is 11.4 Å². The molecular formula is C12H15N5O3. The number of benzene rings is 1. The number of nitrogens with one attached hydrogen (secondary N) is 1. The van der Waals surface area contributed by atoms with E-state index in [0.717, 1.165) is 31.6 Å². The average Bonchev–Trinajstić information content (AvgIpc) is 3.06. The molecule has 1 aromatic carbocycles. The molecule has 0 spiro atoms. The second kappa shape index (κ2) is 5.04. The Bertz CT molecular complexity index is 641. The SMILES string of the molecule is CNCC1CCCN1c1ccc([N+](=O)[O-])c2nonc12. The molecule has 1 fully saturated rings. The molecule has 1 aliphatic heterocycles. The molecule has 1 aliphatic rings. The predicted octanol–water partition coefficient (Wildman–Crippen LogP) is 1.32. The number of nitro groups is 1. The number of non-ortho nitro benzene ring substituents is 1. The highest BCUT2D eigenvalue weighted by atomic mass is 16.6. The van der Waals surface area contributed by atoms with Gasteiger partial charge in [-0.2, -0.15) is 0 Å². The third-order valence-corrected chi connectivity index (χ3v) is 3.70. The summed E-state index contributed by atoms with van der Waals surface area (Å²) in [5, 5.41) is 21.7. The molecule has 1 aromatic heterocycles. The number of nitro benzene ring substituents is 1. The smallest absolute Gasteiger partial charge is 0.300 e. The molecule has 0 radical (unpaired) electrons. The number of anilines is 1. The Labute approximate surface area is 114 Å². The first-order valence-electron chi connectivity index (χ1n) is 6.53. The van der Waals surface area contributed by atoms with Gasteiger partial charge in [-0.05, 0) is 36.3 Å². The lowest BCUT2D eigenvalue weighted by molar-refractivity contribution is -0.383. The van der Waals surface area contributed by atoms with Crippen molar-refractivity contribution in [3.63, 3.8) is 0 Å². The standard InChI is InChI=1S/C12H15N5O3/c1-13-7-8-3-2-6-16(8)9-4-5-10(17(18)19)12-11(9)14-20-15-12/h4-5,8,13H,2-3,6-7H2,1H3. The van der Waals surface area contributed by atoms with Crippen LogP contribution in [0.2, 0.25) is 0 Å². The highest BCUT2D eigenvalue weighted by molar-refractivity contribution is 5.94. The van der Waals surface area contributed by atoms with Crippen LogP contribution in [0.25, 0.3) is 11.0 Å². The van der Waals surface area contributed by atoms with Gasteiger partial charge >= 0.3 is 5.69 Å². The predicted molar refractivity (Wildman–Crippen MR) is 72.8 cm³/mol. The van der Waals surface area contributed by atoms with E-state index in [1.165, 1.54) is 6.07 Å². The molecule has 0 bridgehead atoms. The summed E-state index contributed by atoms with van der Waals surface area (Å²) in [4.78, 5) is 12.7. The van der Waals surface area contributed by atoms with Gasteiger partial charge in [0.15, 0.2) is 5.52 Å². The molecular weight excluding hydrogens is 262 g/mol. The van der Waals surface area contributed by atoms with Gasteiger partial charge in [-0.15, -0.1) is 0 Å². The number of hydrogen-bond donors (Lipinski definition) is 1. The van der Waals surface area contributed by atoms with Crippen LogP contribution in [0.15, 0.2) is 16.8 Å². The normalized spacial score (nSPS) is 18.9. The lowest BCUT2D eigenvalue weighted by Gasteiger charge is -2.26. The van der Waals surface area contributed by atoms with Crippen molar-refractivity contribution in [3.05, 3.63) is 22.2 Å². The van der Waals surface area contributed by atoms with Crippen LogP contribution in [0.5, 0.6) is 0 Å². The van der Waals surface area contributed by atoms with Crippen molar-refractivity contribution in [1.29, 1.82) is 0 Å². The van der Waals surface area contributed by atoms with Crippen molar-refractivity contribution in [3.8, 4) is 0 Å². The molecule has 1 N–H and O–H groups in total.